The highest BCUT2D eigenvalue weighted by atomic mass is 35.5. The second-order valence-electron chi connectivity index (χ2n) is 35.3. The van der Waals surface area contributed by atoms with Gasteiger partial charge in [0, 0.05) is 106 Å². The quantitative estimate of drug-likeness (QED) is 0.0781. The lowest BCUT2D eigenvalue weighted by atomic mass is 9.97. The number of carbonyl (C=O) groups excluding carboxylic acids is 4. The number of halogens is 4. The van der Waals surface area contributed by atoms with Crippen molar-refractivity contribution >= 4 is 115 Å². The minimum Gasteiger partial charge on any atom is -0.453 e. The number of aromatic nitrogens is 12. The van der Waals surface area contributed by atoms with Crippen LogP contribution in [-0.2, 0) is 19.1 Å². The lowest BCUT2D eigenvalue weighted by molar-refractivity contribution is -0.129. The number of hydrogen-bond acceptors (Lipinski definition) is 20. The first-order valence-corrected chi connectivity index (χ1v) is 45.3. The SMILES string of the molecule is C=CC(=O)N1CC(C)N(c2nc(=O)n(-c3c(C)ccnc3C(C)C)c3nc(-c4c(F)cccc4NC(=O)OC)c(Cl)cc23)CC1C.C=CC(=O)N1CC(C)N(c2nc(=O)n(-c3c(C4CC4)ccnc3C(C)C)c3nc(-c4ccccc4C)c(Cl)cc23)CC1C.C=CC(=O)N1CCN(c2nc(=O)n(-c3c(C(C)C)ccnc3C(C)C)c3nc(-c4ccccc4C)c(Cl)cc23)[C@@H](C)C1. The van der Waals surface area contributed by atoms with Gasteiger partial charge in [0.15, 0.2) is 16.9 Å². The average Bonchev–Trinajstić information content (AvgIpc) is 1.66. The lowest BCUT2D eigenvalue weighted by Crippen LogP contribution is -2.58. The van der Waals surface area contributed by atoms with Crippen molar-refractivity contribution in [2.24, 2.45) is 0 Å². The van der Waals surface area contributed by atoms with Gasteiger partial charge in [-0.25, -0.2) is 52.2 Å². The molecule has 16 rings (SSSR count). The van der Waals surface area contributed by atoms with E-state index in [9.17, 15) is 33.6 Å². The molecule has 4 fully saturated rings. The zero-order chi connectivity index (χ0) is 94.3. The highest BCUT2D eigenvalue weighted by Crippen LogP contribution is 2.47. The van der Waals surface area contributed by atoms with Crippen molar-refractivity contribution in [1.29, 1.82) is 0 Å². The fourth-order valence-corrected chi connectivity index (χ4v) is 18.7. The topological polar surface area (TPSA) is 291 Å². The van der Waals surface area contributed by atoms with Gasteiger partial charge in [-0.3, -0.25) is 34.7 Å². The normalized spacial score (nSPS) is 17.0. The highest BCUT2D eigenvalue weighted by molar-refractivity contribution is 6.35. The molecule has 31 heteroatoms. The Morgan fingerprint density at radius 1 is 0.466 bits per heavy atom. The molecular formula is C100H109Cl3FN19O8. The molecule has 27 nitrogen and oxygen atoms in total. The Labute approximate surface area is 775 Å². The third kappa shape index (κ3) is 18.6. The Hall–Kier alpha value is -12.9. The number of anilines is 4. The van der Waals surface area contributed by atoms with E-state index in [0.29, 0.717) is 129 Å². The van der Waals surface area contributed by atoms with Crippen molar-refractivity contribution in [3.63, 3.8) is 0 Å². The number of methoxy groups -OCH3 is 1. The molecule has 3 saturated heterocycles. The van der Waals surface area contributed by atoms with Gasteiger partial charge < -0.3 is 34.1 Å². The monoisotopic (exact) mass is 1830 g/mol. The molecule has 1 aliphatic carbocycles. The molecule has 5 atom stereocenters. The smallest absolute Gasteiger partial charge is 0.411 e. The maximum absolute atomic E-state index is 15.6. The summed E-state index contributed by atoms with van der Waals surface area (Å²) in [5, 5.41) is 5.32. The van der Waals surface area contributed by atoms with E-state index in [1.807, 2.05) is 158 Å². The Balaban J connectivity index is 0.000000158. The predicted molar refractivity (Wildman–Crippen MR) is 519 cm³/mol. The van der Waals surface area contributed by atoms with Gasteiger partial charge in [0.1, 0.15) is 23.3 Å². The fourth-order valence-electron chi connectivity index (χ4n) is 17.9. The number of benzene rings is 3. The van der Waals surface area contributed by atoms with Crippen LogP contribution in [0.1, 0.15) is 177 Å². The van der Waals surface area contributed by atoms with E-state index >= 15 is 4.39 Å². The van der Waals surface area contributed by atoms with Gasteiger partial charge in [0.2, 0.25) is 17.7 Å². The number of aryl methyl sites for hydroxylation is 3. The molecule has 4 unspecified atom stereocenters. The molecule has 0 radical (unpaired) electrons. The third-order valence-electron chi connectivity index (χ3n) is 24.8. The molecule has 9 aromatic heterocycles. The summed E-state index contributed by atoms with van der Waals surface area (Å²) in [6.07, 6.45) is 10.6. The van der Waals surface area contributed by atoms with E-state index in [-0.39, 0.29) is 99.2 Å². The molecular weight excluding hydrogens is 1720 g/mol. The first-order chi connectivity index (χ1) is 62.5. The zero-order valence-corrected chi connectivity index (χ0v) is 79.1. The van der Waals surface area contributed by atoms with Crippen LogP contribution < -0.4 is 37.1 Å². The number of hydrogen-bond donors (Lipinski definition) is 1. The van der Waals surface area contributed by atoms with Crippen molar-refractivity contribution in [1.82, 2.24) is 73.3 Å². The second kappa shape index (κ2) is 39.0. The standard InChI is InChI=1S/C34H37ClN6O2.C33H35ClFN7O4.C33H37ClN6O2/c1-7-28(42)39-17-22(6)40(18-21(39)5)32-26-16-27(35)30(24-11-9-8-10-20(24)4)37-33(26)41(34(43)38-32)31-25(23-12-13-23)14-15-36-29(31)19(2)3;1-8-25(43)40-15-20(6)41(16-19(40)5)30-21-14-22(34)28(26-23(35)10-9-11-24(26)37-33(45)46-7)38-31(21)42(32(44)39-30)29-18(4)12-13-36-27(29)17(2)3;1-8-27(41)38-15-16-39(22(7)18-38)31-25-17-26(34)29(24-12-10-9-11-21(24)6)36-32(25)40(33(42)37-31)30-23(19(2)3)13-14-35-28(30)20(4)5/h7-11,14-16,19,21-23H,1,12-13,17-18H2,2-6H3;8-14,17,19-20H,1,15-16H2,2-7H3,(H,37,45);8-14,17,19-20,22H,1,15-16,18H2,2-7H3/t;;22-/m..0/s1. The maximum atomic E-state index is 15.6. The van der Waals surface area contributed by atoms with Crippen molar-refractivity contribution in [3.8, 4) is 50.8 Å². The summed E-state index contributed by atoms with van der Waals surface area (Å²) in [6, 6.07) is 30.5. The van der Waals surface area contributed by atoms with E-state index in [0.717, 1.165) is 74.5 Å². The highest BCUT2D eigenvalue weighted by Gasteiger charge is 2.40. The molecule has 3 aromatic carbocycles. The third-order valence-corrected chi connectivity index (χ3v) is 25.6. The van der Waals surface area contributed by atoms with Crippen molar-refractivity contribution in [2.45, 2.75) is 183 Å². The number of nitrogens with zero attached hydrogens (tertiary/aromatic N) is 18. The van der Waals surface area contributed by atoms with E-state index in [2.05, 4.69) is 91.3 Å². The molecule has 0 bridgehead atoms. The van der Waals surface area contributed by atoms with Crippen LogP contribution >= 0.6 is 34.8 Å². The summed E-state index contributed by atoms with van der Waals surface area (Å²) in [4.78, 5) is 147. The summed E-state index contributed by atoms with van der Waals surface area (Å²) in [6.45, 7) is 46.4. The number of carbonyl (C=O) groups is 4. The molecule has 4 aliphatic rings. The largest absolute Gasteiger partial charge is 0.453 e. The van der Waals surface area contributed by atoms with Gasteiger partial charge >= 0.3 is 23.2 Å². The van der Waals surface area contributed by atoms with Crippen LogP contribution in [0.25, 0.3) is 83.9 Å². The van der Waals surface area contributed by atoms with Gasteiger partial charge in [-0.15, -0.1) is 0 Å². The Morgan fingerprint density at radius 3 is 1.34 bits per heavy atom. The van der Waals surface area contributed by atoms with Crippen LogP contribution in [0.2, 0.25) is 15.1 Å². The van der Waals surface area contributed by atoms with E-state index < -0.39 is 29.0 Å². The van der Waals surface area contributed by atoms with E-state index in [1.54, 1.807) is 43.5 Å². The average molecular weight is 1830 g/mol. The van der Waals surface area contributed by atoms with Crippen LogP contribution in [0.15, 0.2) is 174 Å². The molecule has 1 N–H and O–H groups in total. The zero-order valence-electron chi connectivity index (χ0n) is 76.9. The first-order valence-electron chi connectivity index (χ1n) is 44.2. The predicted octanol–water partition coefficient (Wildman–Crippen LogP) is 18.5. The summed E-state index contributed by atoms with van der Waals surface area (Å²) in [5.41, 5.74) is 11.9. The number of amides is 4. The Morgan fingerprint density at radius 2 is 0.885 bits per heavy atom. The molecule has 4 amide bonds. The molecule has 12 heterocycles. The van der Waals surface area contributed by atoms with Crippen molar-refractivity contribution < 1.29 is 28.3 Å². The minimum absolute atomic E-state index is 0.000532. The van der Waals surface area contributed by atoms with E-state index in [4.69, 9.17) is 69.4 Å². The van der Waals surface area contributed by atoms with Crippen LogP contribution in [-0.4, -0.2) is 180 Å². The minimum atomic E-state index is -0.808. The van der Waals surface area contributed by atoms with Gasteiger partial charge in [-0.05, 0) is 192 Å². The Bertz CT molecular complexity index is 6700. The maximum Gasteiger partial charge on any atom is 0.411 e. The number of pyridine rings is 6. The lowest BCUT2D eigenvalue weighted by Gasteiger charge is -2.44. The molecule has 0 spiro atoms. The Kier molecular flexibility index (Phi) is 28.1. The van der Waals surface area contributed by atoms with Crippen LogP contribution in [0.3, 0.4) is 0 Å². The number of rotatable bonds is 18. The van der Waals surface area contributed by atoms with Gasteiger partial charge in [0.25, 0.3) is 0 Å². The first kappa shape index (κ1) is 94.2. The van der Waals surface area contributed by atoms with Gasteiger partial charge in [0.05, 0.1) is 101 Å². The number of fused-ring (bicyclic) bond motifs is 3. The summed E-state index contributed by atoms with van der Waals surface area (Å²) in [5.74, 6) is 0.829. The molecule has 680 valence electrons. The fraction of sp³-hybridized carbons (Fsp3) is 0.360. The summed E-state index contributed by atoms with van der Waals surface area (Å²) < 4.78 is 25.0. The van der Waals surface area contributed by atoms with Crippen LogP contribution in [0.5, 0.6) is 0 Å². The van der Waals surface area contributed by atoms with E-state index in [1.165, 1.54) is 48.1 Å². The number of ether oxygens (including phenoxy) is 1. The van der Waals surface area contributed by atoms with Crippen molar-refractivity contribution in [2.75, 3.05) is 72.9 Å². The van der Waals surface area contributed by atoms with Crippen molar-refractivity contribution in [3.05, 3.63) is 257 Å². The van der Waals surface area contributed by atoms with Crippen LogP contribution in [0.4, 0.5) is 32.3 Å². The van der Waals surface area contributed by atoms with Gasteiger partial charge in [-0.1, -0.05) is 165 Å². The number of piperazine rings is 3. The van der Waals surface area contributed by atoms with Gasteiger partial charge in [-0.2, -0.15) is 15.0 Å². The number of nitrogens with one attached hydrogen (secondary N) is 1. The molecule has 3 aliphatic heterocycles. The summed E-state index contributed by atoms with van der Waals surface area (Å²) in [7, 11) is 1.19. The van der Waals surface area contributed by atoms with Crippen LogP contribution in [0, 0.1) is 26.6 Å². The second-order valence-corrected chi connectivity index (χ2v) is 36.5. The summed E-state index contributed by atoms with van der Waals surface area (Å²) >= 11 is 20.9. The molecule has 1 saturated carbocycles. The molecule has 131 heavy (non-hydrogen) atoms. The molecule has 12 aromatic rings.